The van der Waals surface area contributed by atoms with Crippen molar-refractivity contribution < 1.29 is 0 Å². The maximum atomic E-state index is 3.63. The fraction of sp³-hybridized carbons (Fsp3) is 0.538. The van der Waals surface area contributed by atoms with Crippen molar-refractivity contribution in [3.8, 4) is 0 Å². The first-order valence-electron chi connectivity index (χ1n) is 5.54. The SMILES string of the molecule is CCC(C)NCc1ccc(C)c(Br)c1C. The monoisotopic (exact) mass is 269 g/mol. The molecule has 0 aliphatic carbocycles. The van der Waals surface area contributed by atoms with Gasteiger partial charge < -0.3 is 5.32 Å². The molecule has 0 heterocycles. The molecule has 1 aromatic rings. The standard InChI is InChI=1S/C13H20BrN/c1-5-10(3)15-8-12-7-6-9(2)13(14)11(12)4/h6-7,10,15H,5,8H2,1-4H3. The molecule has 0 saturated heterocycles. The molecule has 0 fully saturated rings. The van der Waals surface area contributed by atoms with Crippen LogP contribution in [0, 0.1) is 13.8 Å². The van der Waals surface area contributed by atoms with Gasteiger partial charge in [0, 0.05) is 17.1 Å². The van der Waals surface area contributed by atoms with Crippen molar-refractivity contribution in [3.05, 3.63) is 33.3 Å². The largest absolute Gasteiger partial charge is 0.310 e. The van der Waals surface area contributed by atoms with Crippen LogP contribution in [0.1, 0.15) is 37.0 Å². The van der Waals surface area contributed by atoms with Crippen LogP contribution < -0.4 is 5.32 Å². The van der Waals surface area contributed by atoms with Gasteiger partial charge in [0.15, 0.2) is 0 Å². The van der Waals surface area contributed by atoms with E-state index < -0.39 is 0 Å². The third-order valence-electron chi connectivity index (χ3n) is 2.94. The third kappa shape index (κ3) is 3.32. The van der Waals surface area contributed by atoms with Gasteiger partial charge in [-0.1, -0.05) is 35.0 Å². The summed E-state index contributed by atoms with van der Waals surface area (Å²) >= 11 is 3.63. The van der Waals surface area contributed by atoms with E-state index in [9.17, 15) is 0 Å². The van der Waals surface area contributed by atoms with Gasteiger partial charge in [-0.05, 0) is 43.9 Å². The van der Waals surface area contributed by atoms with E-state index in [1.807, 2.05) is 0 Å². The van der Waals surface area contributed by atoms with Crippen molar-refractivity contribution in [2.24, 2.45) is 0 Å². The van der Waals surface area contributed by atoms with E-state index in [0.717, 1.165) is 6.54 Å². The topological polar surface area (TPSA) is 12.0 Å². The van der Waals surface area contributed by atoms with Crippen LogP contribution >= 0.6 is 15.9 Å². The van der Waals surface area contributed by atoms with Crippen LogP contribution in [0.5, 0.6) is 0 Å². The maximum absolute atomic E-state index is 3.63. The molecule has 15 heavy (non-hydrogen) atoms. The van der Waals surface area contributed by atoms with E-state index in [-0.39, 0.29) is 0 Å². The molecule has 84 valence electrons. The molecule has 0 aromatic heterocycles. The lowest BCUT2D eigenvalue weighted by atomic mass is 10.1. The number of aryl methyl sites for hydroxylation is 1. The average molecular weight is 270 g/mol. The highest BCUT2D eigenvalue weighted by Gasteiger charge is 2.05. The second-order valence-electron chi connectivity index (χ2n) is 4.17. The van der Waals surface area contributed by atoms with Crippen LogP contribution in [0.15, 0.2) is 16.6 Å². The van der Waals surface area contributed by atoms with Crippen molar-refractivity contribution in [2.75, 3.05) is 0 Å². The Morgan fingerprint density at radius 1 is 1.33 bits per heavy atom. The minimum Gasteiger partial charge on any atom is -0.310 e. The van der Waals surface area contributed by atoms with Gasteiger partial charge in [-0.3, -0.25) is 0 Å². The van der Waals surface area contributed by atoms with Crippen molar-refractivity contribution in [1.29, 1.82) is 0 Å². The lowest BCUT2D eigenvalue weighted by Crippen LogP contribution is -2.24. The van der Waals surface area contributed by atoms with Gasteiger partial charge in [-0.25, -0.2) is 0 Å². The first-order chi connectivity index (χ1) is 7.06. The smallest absolute Gasteiger partial charge is 0.0236 e. The molecule has 1 atom stereocenters. The van der Waals surface area contributed by atoms with E-state index in [1.54, 1.807) is 0 Å². The highest BCUT2D eigenvalue weighted by atomic mass is 79.9. The van der Waals surface area contributed by atoms with Crippen molar-refractivity contribution in [1.82, 2.24) is 5.32 Å². The number of benzene rings is 1. The van der Waals surface area contributed by atoms with Gasteiger partial charge in [0.05, 0.1) is 0 Å². The number of hydrogen-bond acceptors (Lipinski definition) is 1. The van der Waals surface area contributed by atoms with Crippen molar-refractivity contribution in [3.63, 3.8) is 0 Å². The highest BCUT2D eigenvalue weighted by molar-refractivity contribution is 9.10. The minimum atomic E-state index is 0.587. The number of rotatable bonds is 4. The molecule has 0 bridgehead atoms. The zero-order valence-corrected chi connectivity index (χ0v) is 11.6. The van der Waals surface area contributed by atoms with Crippen LogP contribution in [-0.4, -0.2) is 6.04 Å². The summed E-state index contributed by atoms with van der Waals surface area (Å²) in [6.07, 6.45) is 1.17. The summed E-state index contributed by atoms with van der Waals surface area (Å²) in [5.41, 5.74) is 4.04. The lowest BCUT2D eigenvalue weighted by Gasteiger charge is -2.14. The summed E-state index contributed by atoms with van der Waals surface area (Å²) in [4.78, 5) is 0. The van der Waals surface area contributed by atoms with Gasteiger partial charge in [-0.2, -0.15) is 0 Å². The first kappa shape index (κ1) is 12.7. The molecule has 0 aliphatic heterocycles. The molecule has 0 saturated carbocycles. The number of nitrogens with one attached hydrogen (secondary N) is 1. The molecule has 0 radical (unpaired) electrons. The van der Waals surface area contributed by atoms with E-state index in [4.69, 9.17) is 0 Å². The van der Waals surface area contributed by atoms with Crippen LogP contribution in [0.2, 0.25) is 0 Å². The molecule has 1 N–H and O–H groups in total. The molecule has 0 aliphatic rings. The molecule has 1 rings (SSSR count). The summed E-state index contributed by atoms with van der Waals surface area (Å²) in [6, 6.07) is 4.97. The van der Waals surface area contributed by atoms with Gasteiger partial charge in [0.2, 0.25) is 0 Å². The molecule has 1 unspecified atom stereocenters. The molecule has 2 heteroatoms. The maximum Gasteiger partial charge on any atom is 0.0236 e. The molecular formula is C13H20BrN. The zero-order chi connectivity index (χ0) is 11.4. The third-order valence-corrected chi connectivity index (χ3v) is 4.17. The summed E-state index contributed by atoms with van der Waals surface area (Å²) in [5.74, 6) is 0. The van der Waals surface area contributed by atoms with Crippen LogP contribution in [0.3, 0.4) is 0 Å². The Morgan fingerprint density at radius 2 is 2.00 bits per heavy atom. The van der Waals surface area contributed by atoms with E-state index in [1.165, 1.54) is 27.6 Å². The predicted molar refractivity (Wildman–Crippen MR) is 70.2 cm³/mol. The second kappa shape index (κ2) is 5.66. The summed E-state index contributed by atoms with van der Waals surface area (Å²) in [6.45, 7) is 9.68. The Kier molecular flexibility index (Phi) is 4.81. The van der Waals surface area contributed by atoms with Crippen LogP contribution in [0.4, 0.5) is 0 Å². The van der Waals surface area contributed by atoms with Crippen molar-refractivity contribution >= 4 is 15.9 Å². The number of halogens is 1. The fourth-order valence-corrected chi connectivity index (χ4v) is 1.87. The minimum absolute atomic E-state index is 0.587. The normalized spacial score (nSPS) is 12.9. The fourth-order valence-electron chi connectivity index (χ4n) is 1.48. The number of hydrogen-bond donors (Lipinski definition) is 1. The molecule has 0 amide bonds. The molecule has 1 aromatic carbocycles. The van der Waals surface area contributed by atoms with Crippen LogP contribution in [-0.2, 0) is 6.54 Å². The highest BCUT2D eigenvalue weighted by Crippen LogP contribution is 2.23. The molecule has 1 nitrogen and oxygen atoms in total. The van der Waals surface area contributed by atoms with Crippen molar-refractivity contribution in [2.45, 2.75) is 46.7 Å². The predicted octanol–water partition coefficient (Wildman–Crippen LogP) is 3.95. The molecular weight excluding hydrogens is 250 g/mol. The summed E-state index contributed by atoms with van der Waals surface area (Å²) in [7, 11) is 0. The Labute approximate surface area is 101 Å². The van der Waals surface area contributed by atoms with Gasteiger partial charge in [-0.15, -0.1) is 0 Å². The average Bonchev–Trinajstić information content (AvgIpc) is 2.24. The van der Waals surface area contributed by atoms with Gasteiger partial charge in [0.1, 0.15) is 0 Å². The van der Waals surface area contributed by atoms with E-state index in [0.29, 0.717) is 6.04 Å². The quantitative estimate of drug-likeness (QED) is 0.873. The Balaban J connectivity index is 2.74. The van der Waals surface area contributed by atoms with Crippen LogP contribution in [0.25, 0.3) is 0 Å². The van der Waals surface area contributed by atoms with E-state index in [2.05, 4.69) is 61.1 Å². The summed E-state index contributed by atoms with van der Waals surface area (Å²) < 4.78 is 1.24. The second-order valence-corrected chi connectivity index (χ2v) is 4.96. The molecule has 0 spiro atoms. The zero-order valence-electron chi connectivity index (χ0n) is 10.0. The Hall–Kier alpha value is -0.340. The Bertz CT molecular complexity index is 334. The van der Waals surface area contributed by atoms with E-state index >= 15 is 0 Å². The van der Waals surface area contributed by atoms with Gasteiger partial charge >= 0.3 is 0 Å². The Morgan fingerprint density at radius 3 is 2.60 bits per heavy atom. The first-order valence-corrected chi connectivity index (χ1v) is 6.33. The lowest BCUT2D eigenvalue weighted by molar-refractivity contribution is 0.533. The summed E-state index contributed by atoms with van der Waals surface area (Å²) in [5, 5.41) is 3.52. The van der Waals surface area contributed by atoms with Gasteiger partial charge in [0.25, 0.3) is 0 Å².